The van der Waals surface area contributed by atoms with E-state index in [1.165, 1.54) is 16.7 Å². The fourth-order valence-corrected chi connectivity index (χ4v) is 2.85. The van der Waals surface area contributed by atoms with Crippen molar-refractivity contribution in [1.29, 1.82) is 0 Å². The van der Waals surface area contributed by atoms with E-state index >= 15 is 0 Å². The van der Waals surface area contributed by atoms with Gasteiger partial charge in [0.1, 0.15) is 6.04 Å². The molecule has 0 aliphatic carbocycles. The van der Waals surface area contributed by atoms with Crippen molar-refractivity contribution in [1.82, 2.24) is 5.32 Å². The molecule has 122 valence electrons. The Kier molecular flexibility index (Phi) is 5.56. The lowest BCUT2D eigenvalue weighted by Gasteiger charge is -2.18. The lowest BCUT2D eigenvalue weighted by molar-refractivity contribution is -0.123. The molecule has 0 saturated carbocycles. The first-order chi connectivity index (χ1) is 10.8. The van der Waals surface area contributed by atoms with Gasteiger partial charge in [-0.3, -0.25) is 4.79 Å². The Morgan fingerprint density at radius 2 is 1.57 bits per heavy atom. The number of nitrogens with one attached hydrogen (secondary N) is 1. The minimum absolute atomic E-state index is 0.0419. The zero-order chi connectivity index (χ0) is 17.0. The summed E-state index contributed by atoms with van der Waals surface area (Å²) < 4.78 is 0. The van der Waals surface area contributed by atoms with Crippen molar-refractivity contribution in [2.24, 2.45) is 5.73 Å². The van der Waals surface area contributed by atoms with Crippen LogP contribution in [0.3, 0.4) is 0 Å². The summed E-state index contributed by atoms with van der Waals surface area (Å²) in [6.45, 7) is 8.21. The van der Waals surface area contributed by atoms with Crippen molar-refractivity contribution in [3.05, 3.63) is 70.3 Å². The second kappa shape index (κ2) is 7.42. The number of carbonyl (C=O) groups is 1. The third-order valence-electron chi connectivity index (χ3n) is 3.93. The van der Waals surface area contributed by atoms with E-state index in [9.17, 15) is 4.79 Å². The van der Waals surface area contributed by atoms with Crippen molar-refractivity contribution in [3.8, 4) is 0 Å². The highest BCUT2D eigenvalue weighted by molar-refractivity contribution is 5.83. The zero-order valence-corrected chi connectivity index (χ0v) is 14.4. The van der Waals surface area contributed by atoms with Crippen LogP contribution in [0.5, 0.6) is 0 Å². The maximum atomic E-state index is 12.3. The molecular weight excluding hydrogens is 284 g/mol. The topological polar surface area (TPSA) is 55.1 Å². The van der Waals surface area contributed by atoms with Gasteiger partial charge in [-0.2, -0.15) is 0 Å². The van der Waals surface area contributed by atoms with E-state index in [-0.39, 0.29) is 11.9 Å². The van der Waals surface area contributed by atoms with Crippen LogP contribution in [-0.4, -0.2) is 11.9 Å². The van der Waals surface area contributed by atoms with E-state index in [0.717, 1.165) is 17.5 Å². The highest BCUT2D eigenvalue weighted by Crippen LogP contribution is 2.14. The molecule has 0 spiro atoms. The standard InChI is InChI=1S/C20H26N2O/c1-13-5-7-18(8-6-13)19(21)20(23)22-16(4)12-17-10-14(2)9-15(3)11-17/h5-11,16,19H,12,21H2,1-4H3,(H,22,23). The summed E-state index contributed by atoms with van der Waals surface area (Å²) >= 11 is 0. The van der Waals surface area contributed by atoms with E-state index in [0.29, 0.717) is 0 Å². The molecule has 0 radical (unpaired) electrons. The number of hydrogen-bond donors (Lipinski definition) is 2. The predicted octanol–water partition coefficient (Wildman–Crippen LogP) is 3.36. The van der Waals surface area contributed by atoms with E-state index in [1.54, 1.807) is 0 Å². The molecule has 0 saturated heterocycles. The van der Waals surface area contributed by atoms with Gasteiger partial charge in [-0.05, 0) is 45.2 Å². The molecule has 3 nitrogen and oxygen atoms in total. The summed E-state index contributed by atoms with van der Waals surface area (Å²) in [6.07, 6.45) is 0.800. The smallest absolute Gasteiger partial charge is 0.241 e. The molecule has 2 rings (SSSR count). The Bertz CT molecular complexity index is 656. The first-order valence-corrected chi connectivity index (χ1v) is 8.05. The SMILES string of the molecule is Cc1ccc(C(N)C(=O)NC(C)Cc2cc(C)cc(C)c2)cc1. The summed E-state index contributed by atoms with van der Waals surface area (Å²) in [6, 6.07) is 13.7. The number of benzene rings is 2. The summed E-state index contributed by atoms with van der Waals surface area (Å²) in [5.74, 6) is -0.134. The minimum atomic E-state index is -0.628. The Balaban J connectivity index is 1.97. The molecule has 23 heavy (non-hydrogen) atoms. The fourth-order valence-electron chi connectivity index (χ4n) is 2.85. The molecule has 2 aromatic carbocycles. The van der Waals surface area contributed by atoms with Gasteiger partial charge in [-0.1, -0.05) is 59.2 Å². The van der Waals surface area contributed by atoms with Crippen LogP contribution in [0.25, 0.3) is 0 Å². The van der Waals surface area contributed by atoms with Gasteiger partial charge in [0.05, 0.1) is 0 Å². The normalized spacial score (nSPS) is 13.4. The van der Waals surface area contributed by atoms with Crippen LogP contribution in [0.4, 0.5) is 0 Å². The van der Waals surface area contributed by atoms with Gasteiger partial charge in [0, 0.05) is 6.04 Å². The summed E-state index contributed by atoms with van der Waals surface area (Å²) in [5, 5.41) is 3.02. The third-order valence-corrected chi connectivity index (χ3v) is 3.93. The van der Waals surface area contributed by atoms with Gasteiger partial charge in [-0.25, -0.2) is 0 Å². The highest BCUT2D eigenvalue weighted by atomic mass is 16.2. The summed E-state index contributed by atoms with van der Waals surface area (Å²) in [5.41, 5.74) is 11.8. The second-order valence-electron chi connectivity index (χ2n) is 6.50. The van der Waals surface area contributed by atoms with Crippen molar-refractivity contribution < 1.29 is 4.79 Å². The van der Waals surface area contributed by atoms with Gasteiger partial charge >= 0.3 is 0 Å². The van der Waals surface area contributed by atoms with Gasteiger partial charge in [0.25, 0.3) is 0 Å². The highest BCUT2D eigenvalue weighted by Gasteiger charge is 2.17. The largest absolute Gasteiger partial charge is 0.352 e. The molecule has 2 atom stereocenters. The maximum Gasteiger partial charge on any atom is 0.241 e. The van der Waals surface area contributed by atoms with Crippen LogP contribution < -0.4 is 11.1 Å². The molecule has 2 unspecified atom stereocenters. The van der Waals surface area contributed by atoms with Crippen LogP contribution in [0.15, 0.2) is 42.5 Å². The predicted molar refractivity (Wildman–Crippen MR) is 95.3 cm³/mol. The third kappa shape index (κ3) is 4.93. The second-order valence-corrected chi connectivity index (χ2v) is 6.50. The number of amides is 1. The lowest BCUT2D eigenvalue weighted by atomic mass is 10.0. The van der Waals surface area contributed by atoms with Gasteiger partial charge in [0.2, 0.25) is 5.91 Å². The van der Waals surface area contributed by atoms with Crippen LogP contribution in [0.1, 0.15) is 40.8 Å². The van der Waals surface area contributed by atoms with Crippen molar-refractivity contribution >= 4 is 5.91 Å². The van der Waals surface area contributed by atoms with Gasteiger partial charge in [0.15, 0.2) is 0 Å². The van der Waals surface area contributed by atoms with Crippen molar-refractivity contribution in [2.45, 2.75) is 46.2 Å². The number of hydrogen-bond acceptors (Lipinski definition) is 2. The molecule has 0 aromatic heterocycles. The lowest BCUT2D eigenvalue weighted by Crippen LogP contribution is -2.40. The Morgan fingerprint density at radius 3 is 2.13 bits per heavy atom. The van der Waals surface area contributed by atoms with E-state index < -0.39 is 6.04 Å². The quantitative estimate of drug-likeness (QED) is 0.889. The van der Waals surface area contributed by atoms with Crippen molar-refractivity contribution in [3.63, 3.8) is 0 Å². The average molecular weight is 310 g/mol. The van der Waals surface area contributed by atoms with Crippen LogP contribution in [0.2, 0.25) is 0 Å². The number of carbonyl (C=O) groups excluding carboxylic acids is 1. The first-order valence-electron chi connectivity index (χ1n) is 8.05. The van der Waals surface area contributed by atoms with E-state index in [2.05, 4.69) is 37.4 Å². The molecule has 0 heterocycles. The molecule has 3 N–H and O–H groups in total. The average Bonchev–Trinajstić information content (AvgIpc) is 2.45. The molecular formula is C20H26N2O. The van der Waals surface area contributed by atoms with Crippen molar-refractivity contribution in [2.75, 3.05) is 0 Å². The van der Waals surface area contributed by atoms with E-state index in [1.807, 2.05) is 38.1 Å². The number of rotatable bonds is 5. The molecule has 1 amide bonds. The zero-order valence-electron chi connectivity index (χ0n) is 14.4. The molecule has 0 aliphatic rings. The minimum Gasteiger partial charge on any atom is -0.352 e. The Hall–Kier alpha value is -2.13. The Morgan fingerprint density at radius 1 is 1.00 bits per heavy atom. The van der Waals surface area contributed by atoms with Gasteiger partial charge < -0.3 is 11.1 Å². The molecule has 3 heteroatoms. The van der Waals surface area contributed by atoms with Crippen LogP contribution in [-0.2, 0) is 11.2 Å². The number of nitrogens with two attached hydrogens (primary N) is 1. The molecule has 0 bridgehead atoms. The van der Waals surface area contributed by atoms with E-state index in [4.69, 9.17) is 5.73 Å². The van der Waals surface area contributed by atoms with Gasteiger partial charge in [-0.15, -0.1) is 0 Å². The molecule has 2 aromatic rings. The summed E-state index contributed by atoms with van der Waals surface area (Å²) in [7, 11) is 0. The molecule has 0 fully saturated rings. The summed E-state index contributed by atoms with van der Waals surface area (Å²) in [4.78, 5) is 12.3. The Labute approximate surface area is 138 Å². The fraction of sp³-hybridized carbons (Fsp3) is 0.350. The monoisotopic (exact) mass is 310 g/mol. The number of aryl methyl sites for hydroxylation is 3. The maximum absolute atomic E-state index is 12.3. The van der Waals surface area contributed by atoms with Crippen LogP contribution in [0, 0.1) is 20.8 Å². The first kappa shape index (κ1) is 17.2. The van der Waals surface area contributed by atoms with Crippen LogP contribution >= 0.6 is 0 Å². The molecule has 0 aliphatic heterocycles.